The largest absolute Gasteiger partial charge is 0.425 e. The fourth-order valence-corrected chi connectivity index (χ4v) is 2.99. The van der Waals surface area contributed by atoms with Crippen LogP contribution in [-0.4, -0.2) is 32.8 Å². The van der Waals surface area contributed by atoms with E-state index < -0.39 is 29.9 Å². The summed E-state index contributed by atoms with van der Waals surface area (Å²) in [5.74, 6) is -0.826. The number of aliphatic hydroxyl groups is 1. The average Bonchev–Trinajstić information content (AvgIpc) is 2.86. The molecule has 1 aromatic heterocycles. The number of hydrogen-bond acceptors (Lipinski definition) is 3. The van der Waals surface area contributed by atoms with Crippen LogP contribution in [0.5, 0.6) is 0 Å². The summed E-state index contributed by atoms with van der Waals surface area (Å²) in [7, 11) is 1.35. The van der Waals surface area contributed by atoms with Crippen LogP contribution in [0.15, 0.2) is 12.4 Å². The van der Waals surface area contributed by atoms with Crippen LogP contribution in [0.2, 0.25) is 0 Å². The van der Waals surface area contributed by atoms with Gasteiger partial charge in [0.05, 0.1) is 6.42 Å². The number of amides is 1. The van der Waals surface area contributed by atoms with Gasteiger partial charge in [-0.25, -0.2) is 4.98 Å². The maximum absolute atomic E-state index is 13.4. The standard InChI is InChI=1S/C15H22F3N3O2/c1-10-3-5-11(6-4-10)20-12(22)9-14(23,15(16,17)18)13-19-7-8-21(13)2/h7-8,10-11,23H,3-6,9H2,1-2H3,(H,20,22). The van der Waals surface area contributed by atoms with Crippen molar-refractivity contribution in [2.45, 2.75) is 56.8 Å². The lowest BCUT2D eigenvalue weighted by Gasteiger charge is -2.31. The highest BCUT2D eigenvalue weighted by Crippen LogP contribution is 2.40. The molecule has 5 nitrogen and oxygen atoms in total. The summed E-state index contributed by atoms with van der Waals surface area (Å²) in [5.41, 5.74) is -3.29. The molecule has 1 heterocycles. The number of carbonyl (C=O) groups is 1. The van der Waals surface area contributed by atoms with E-state index in [4.69, 9.17) is 0 Å². The molecule has 23 heavy (non-hydrogen) atoms. The molecule has 0 radical (unpaired) electrons. The van der Waals surface area contributed by atoms with Gasteiger partial charge in [-0.15, -0.1) is 0 Å². The third-order valence-corrected chi connectivity index (χ3v) is 4.46. The molecule has 1 amide bonds. The minimum atomic E-state index is -5.00. The Hall–Kier alpha value is -1.57. The number of aromatic nitrogens is 2. The Morgan fingerprint density at radius 3 is 2.48 bits per heavy atom. The van der Waals surface area contributed by atoms with E-state index in [9.17, 15) is 23.1 Å². The van der Waals surface area contributed by atoms with Gasteiger partial charge in [0.15, 0.2) is 5.82 Å². The van der Waals surface area contributed by atoms with Crippen molar-refractivity contribution in [2.24, 2.45) is 13.0 Å². The third-order valence-electron chi connectivity index (χ3n) is 4.46. The van der Waals surface area contributed by atoms with Gasteiger partial charge >= 0.3 is 6.18 Å². The minimum absolute atomic E-state index is 0.127. The number of halogens is 3. The number of carbonyl (C=O) groups excluding carboxylic acids is 1. The first-order chi connectivity index (χ1) is 10.6. The molecular formula is C15H22F3N3O2. The van der Waals surface area contributed by atoms with E-state index in [2.05, 4.69) is 17.2 Å². The van der Waals surface area contributed by atoms with Crippen LogP contribution in [0.3, 0.4) is 0 Å². The van der Waals surface area contributed by atoms with Crippen molar-refractivity contribution in [2.75, 3.05) is 0 Å². The van der Waals surface area contributed by atoms with Gasteiger partial charge in [-0.2, -0.15) is 13.2 Å². The van der Waals surface area contributed by atoms with E-state index >= 15 is 0 Å². The molecule has 1 fully saturated rings. The van der Waals surface area contributed by atoms with E-state index in [1.165, 1.54) is 13.2 Å². The van der Waals surface area contributed by atoms with Crippen LogP contribution in [0, 0.1) is 5.92 Å². The van der Waals surface area contributed by atoms with Crippen LogP contribution in [-0.2, 0) is 17.4 Å². The fraction of sp³-hybridized carbons (Fsp3) is 0.733. The van der Waals surface area contributed by atoms with Crippen molar-refractivity contribution in [1.82, 2.24) is 14.9 Å². The number of nitrogens with one attached hydrogen (secondary N) is 1. The molecule has 0 aromatic carbocycles. The molecule has 2 rings (SSSR count). The molecule has 8 heteroatoms. The summed E-state index contributed by atoms with van der Waals surface area (Å²) in [6.07, 6.45) is -0.252. The Morgan fingerprint density at radius 1 is 1.39 bits per heavy atom. The molecule has 1 aromatic rings. The number of hydrogen-bond donors (Lipinski definition) is 2. The molecule has 1 atom stereocenters. The van der Waals surface area contributed by atoms with Gasteiger partial charge in [-0.3, -0.25) is 4.79 Å². The van der Waals surface area contributed by atoms with Gasteiger partial charge in [0, 0.05) is 25.5 Å². The first kappa shape index (κ1) is 17.8. The van der Waals surface area contributed by atoms with Gasteiger partial charge in [0.1, 0.15) is 0 Å². The van der Waals surface area contributed by atoms with E-state index in [0.29, 0.717) is 5.92 Å². The maximum atomic E-state index is 13.4. The predicted octanol–water partition coefficient (Wildman–Crippen LogP) is 2.25. The second-order valence-corrected chi connectivity index (χ2v) is 6.42. The number of rotatable bonds is 4. The van der Waals surface area contributed by atoms with Gasteiger partial charge < -0.3 is 15.0 Å². The topological polar surface area (TPSA) is 67.2 Å². The van der Waals surface area contributed by atoms with E-state index in [1.54, 1.807) is 0 Å². The highest BCUT2D eigenvalue weighted by molar-refractivity contribution is 5.77. The summed E-state index contributed by atoms with van der Waals surface area (Å²) in [6.45, 7) is 2.11. The molecule has 0 spiro atoms. The van der Waals surface area contributed by atoms with Crippen LogP contribution < -0.4 is 5.32 Å². The number of alkyl halides is 3. The summed E-state index contributed by atoms with van der Waals surface area (Å²) in [5, 5.41) is 12.8. The van der Waals surface area contributed by atoms with Crippen LogP contribution >= 0.6 is 0 Å². The molecule has 2 N–H and O–H groups in total. The Bertz CT molecular complexity index is 550. The molecular weight excluding hydrogens is 311 g/mol. The molecule has 1 aliphatic rings. The van der Waals surface area contributed by atoms with Crippen molar-refractivity contribution in [3.8, 4) is 0 Å². The Kier molecular flexibility index (Phi) is 5.03. The van der Waals surface area contributed by atoms with E-state index in [1.807, 2.05) is 0 Å². The molecule has 1 saturated carbocycles. The van der Waals surface area contributed by atoms with E-state index in [0.717, 1.165) is 36.4 Å². The van der Waals surface area contributed by atoms with Gasteiger partial charge in [-0.1, -0.05) is 6.92 Å². The molecule has 130 valence electrons. The highest BCUT2D eigenvalue weighted by atomic mass is 19.4. The number of nitrogens with zero attached hydrogens (tertiary/aromatic N) is 2. The van der Waals surface area contributed by atoms with E-state index in [-0.39, 0.29) is 6.04 Å². The fourth-order valence-electron chi connectivity index (χ4n) is 2.99. The molecule has 0 saturated heterocycles. The van der Waals surface area contributed by atoms with Gasteiger partial charge in [-0.05, 0) is 31.6 Å². The lowest BCUT2D eigenvalue weighted by Crippen LogP contribution is -2.49. The average molecular weight is 333 g/mol. The van der Waals surface area contributed by atoms with Crippen LogP contribution in [0.4, 0.5) is 13.2 Å². The van der Waals surface area contributed by atoms with Crippen molar-refractivity contribution in [3.05, 3.63) is 18.2 Å². The summed E-state index contributed by atoms with van der Waals surface area (Å²) in [6, 6.07) is -0.127. The Morgan fingerprint density at radius 2 is 2.00 bits per heavy atom. The highest BCUT2D eigenvalue weighted by Gasteiger charge is 2.58. The zero-order chi connectivity index (χ0) is 17.3. The van der Waals surface area contributed by atoms with Gasteiger partial charge in [0.2, 0.25) is 11.5 Å². The van der Waals surface area contributed by atoms with Gasteiger partial charge in [0.25, 0.3) is 0 Å². The monoisotopic (exact) mass is 333 g/mol. The second kappa shape index (κ2) is 6.51. The smallest absolute Gasteiger partial charge is 0.374 e. The quantitative estimate of drug-likeness (QED) is 0.888. The normalized spacial score (nSPS) is 25.0. The van der Waals surface area contributed by atoms with Crippen molar-refractivity contribution in [3.63, 3.8) is 0 Å². The Balaban J connectivity index is 2.10. The second-order valence-electron chi connectivity index (χ2n) is 6.42. The SMILES string of the molecule is CC1CCC(NC(=O)CC(O)(c2nccn2C)C(F)(F)F)CC1. The first-order valence-corrected chi connectivity index (χ1v) is 7.69. The molecule has 0 bridgehead atoms. The lowest BCUT2D eigenvalue weighted by molar-refractivity contribution is -0.271. The van der Waals surface area contributed by atoms with Crippen molar-refractivity contribution in [1.29, 1.82) is 0 Å². The summed E-state index contributed by atoms with van der Waals surface area (Å²) < 4.78 is 41.1. The molecule has 1 unspecified atom stereocenters. The third kappa shape index (κ3) is 3.85. The predicted molar refractivity (Wildman–Crippen MR) is 77.3 cm³/mol. The summed E-state index contributed by atoms with van der Waals surface area (Å²) in [4.78, 5) is 15.6. The zero-order valence-electron chi connectivity index (χ0n) is 13.2. The lowest BCUT2D eigenvalue weighted by atomic mass is 9.87. The molecule has 1 aliphatic carbocycles. The van der Waals surface area contributed by atoms with Crippen molar-refractivity contribution < 1.29 is 23.1 Å². The summed E-state index contributed by atoms with van der Waals surface area (Å²) >= 11 is 0. The van der Waals surface area contributed by atoms with Crippen LogP contribution in [0.25, 0.3) is 0 Å². The number of imidazole rings is 1. The Labute approximate surface area is 132 Å². The van der Waals surface area contributed by atoms with Crippen molar-refractivity contribution >= 4 is 5.91 Å². The zero-order valence-corrected chi connectivity index (χ0v) is 13.2. The number of aryl methyl sites for hydroxylation is 1. The maximum Gasteiger partial charge on any atom is 0.425 e. The minimum Gasteiger partial charge on any atom is -0.374 e. The first-order valence-electron chi connectivity index (χ1n) is 7.69. The van der Waals surface area contributed by atoms with Crippen LogP contribution in [0.1, 0.15) is 44.9 Å². The molecule has 0 aliphatic heterocycles.